The van der Waals surface area contributed by atoms with Crippen LogP contribution in [0.4, 0.5) is 0 Å². The number of nitrogens with one attached hydrogen (secondary N) is 1. The number of pyridine rings is 1. The fraction of sp³-hybridized carbons (Fsp3) is 0.625. The summed E-state index contributed by atoms with van der Waals surface area (Å²) >= 11 is 0. The highest BCUT2D eigenvalue weighted by Gasteiger charge is 2.37. The van der Waals surface area contributed by atoms with Gasteiger partial charge in [0.2, 0.25) is 5.91 Å². The van der Waals surface area contributed by atoms with E-state index in [1.165, 1.54) is 0 Å². The van der Waals surface area contributed by atoms with Crippen LogP contribution in [-0.4, -0.2) is 41.0 Å². The Morgan fingerprint density at radius 1 is 1.43 bits per heavy atom. The number of hydrogen-bond donors (Lipinski definition) is 2. The molecule has 2 aliphatic heterocycles. The van der Waals surface area contributed by atoms with E-state index < -0.39 is 0 Å². The van der Waals surface area contributed by atoms with E-state index in [0.29, 0.717) is 18.4 Å². The zero-order valence-electron chi connectivity index (χ0n) is 12.5. The summed E-state index contributed by atoms with van der Waals surface area (Å²) in [5.74, 6) is 0.750. The van der Waals surface area contributed by atoms with Gasteiger partial charge in [-0.05, 0) is 37.8 Å². The highest BCUT2D eigenvalue weighted by Crippen LogP contribution is 2.31. The van der Waals surface area contributed by atoms with Crippen LogP contribution in [-0.2, 0) is 4.79 Å². The first-order valence-corrected chi connectivity index (χ1v) is 7.85. The predicted octanol–water partition coefficient (Wildman–Crippen LogP) is 1.07. The van der Waals surface area contributed by atoms with Crippen molar-refractivity contribution in [3.8, 4) is 0 Å². The number of nitrogens with zero attached hydrogens (tertiary/aromatic N) is 2. The van der Waals surface area contributed by atoms with Crippen LogP contribution in [0.25, 0.3) is 0 Å². The van der Waals surface area contributed by atoms with Gasteiger partial charge >= 0.3 is 0 Å². The van der Waals surface area contributed by atoms with Crippen molar-refractivity contribution in [1.82, 2.24) is 15.2 Å². The quantitative estimate of drug-likeness (QED) is 0.873. The average molecular weight is 288 g/mol. The Morgan fingerprint density at radius 2 is 2.29 bits per heavy atom. The van der Waals surface area contributed by atoms with E-state index in [9.17, 15) is 4.79 Å². The largest absolute Gasteiger partial charge is 0.353 e. The number of likely N-dealkylation sites (tertiary alicyclic amines) is 1. The van der Waals surface area contributed by atoms with Crippen LogP contribution >= 0.6 is 0 Å². The third-order valence-electron chi connectivity index (χ3n) is 4.74. The zero-order chi connectivity index (χ0) is 14.8. The maximum absolute atomic E-state index is 11.5. The van der Waals surface area contributed by atoms with Gasteiger partial charge in [-0.15, -0.1) is 0 Å². The molecular weight excluding hydrogens is 264 g/mol. The number of hydrogen-bond acceptors (Lipinski definition) is 4. The second-order valence-electron chi connectivity index (χ2n) is 6.31. The first-order chi connectivity index (χ1) is 10.1. The summed E-state index contributed by atoms with van der Waals surface area (Å²) in [6.07, 6.45) is 4.48. The van der Waals surface area contributed by atoms with Crippen LogP contribution in [0.1, 0.15) is 37.9 Å². The van der Waals surface area contributed by atoms with Crippen LogP contribution in [0.15, 0.2) is 24.4 Å². The Balaban J connectivity index is 1.75. The van der Waals surface area contributed by atoms with Crippen molar-refractivity contribution in [2.75, 3.05) is 13.1 Å². The van der Waals surface area contributed by atoms with E-state index in [2.05, 4.69) is 21.3 Å². The number of carbonyl (C=O) groups excluding carboxylic acids is 1. The number of fused-ring (bicyclic) bond motifs is 1. The zero-order valence-corrected chi connectivity index (χ0v) is 12.5. The lowest BCUT2D eigenvalue weighted by molar-refractivity contribution is -0.125. The number of nitrogens with two attached hydrogens (primary N) is 1. The smallest absolute Gasteiger partial charge is 0.220 e. The molecule has 0 bridgehead atoms. The number of amides is 1. The molecule has 1 amide bonds. The summed E-state index contributed by atoms with van der Waals surface area (Å²) in [7, 11) is 0. The number of aromatic nitrogens is 1. The van der Waals surface area contributed by atoms with Gasteiger partial charge in [0.1, 0.15) is 0 Å². The van der Waals surface area contributed by atoms with Gasteiger partial charge in [0, 0.05) is 37.8 Å². The van der Waals surface area contributed by atoms with Crippen molar-refractivity contribution in [1.29, 1.82) is 0 Å². The molecule has 0 saturated carbocycles. The van der Waals surface area contributed by atoms with E-state index in [1.807, 2.05) is 25.3 Å². The minimum atomic E-state index is 0.0367. The fourth-order valence-electron chi connectivity index (χ4n) is 3.73. The molecule has 0 spiro atoms. The summed E-state index contributed by atoms with van der Waals surface area (Å²) in [5.41, 5.74) is 7.29. The number of carbonyl (C=O) groups is 1. The lowest BCUT2D eigenvalue weighted by Crippen LogP contribution is -2.56. The molecule has 1 aromatic heterocycles. The van der Waals surface area contributed by atoms with Crippen LogP contribution in [0, 0.1) is 5.92 Å². The van der Waals surface area contributed by atoms with Crippen LogP contribution in [0.2, 0.25) is 0 Å². The Hall–Kier alpha value is -1.46. The van der Waals surface area contributed by atoms with Crippen molar-refractivity contribution >= 4 is 5.91 Å². The molecule has 3 rings (SSSR count). The third kappa shape index (κ3) is 3.09. The van der Waals surface area contributed by atoms with Crippen LogP contribution < -0.4 is 11.1 Å². The Labute approximate surface area is 125 Å². The second-order valence-corrected chi connectivity index (χ2v) is 6.31. The SMILES string of the molecule is CC(N)C(c1ccccn1)N1CCC2NC(=O)CCC2C1. The first-order valence-electron chi connectivity index (χ1n) is 7.85. The topological polar surface area (TPSA) is 71.2 Å². The molecule has 2 aliphatic rings. The standard InChI is InChI=1S/C16H24N4O/c1-11(17)16(14-4-2-3-8-18-14)20-9-7-13-12(10-20)5-6-15(21)19-13/h2-4,8,11-13,16H,5-7,9-10,17H2,1H3,(H,19,21). The molecule has 4 unspecified atom stereocenters. The molecule has 3 heterocycles. The van der Waals surface area contributed by atoms with Gasteiger partial charge in [-0.25, -0.2) is 0 Å². The molecule has 5 nitrogen and oxygen atoms in total. The van der Waals surface area contributed by atoms with E-state index >= 15 is 0 Å². The molecular formula is C16H24N4O. The molecule has 3 N–H and O–H groups in total. The van der Waals surface area contributed by atoms with Gasteiger partial charge < -0.3 is 11.1 Å². The fourth-order valence-corrected chi connectivity index (χ4v) is 3.73. The van der Waals surface area contributed by atoms with E-state index in [-0.39, 0.29) is 18.0 Å². The molecule has 0 aliphatic carbocycles. The first kappa shape index (κ1) is 14.5. The normalized spacial score (nSPS) is 29.3. The Morgan fingerprint density at radius 3 is 3.00 bits per heavy atom. The Kier molecular flexibility index (Phi) is 4.22. The molecule has 2 fully saturated rings. The van der Waals surface area contributed by atoms with Crippen molar-refractivity contribution in [2.45, 2.75) is 44.3 Å². The van der Waals surface area contributed by atoms with Crippen LogP contribution in [0.5, 0.6) is 0 Å². The summed E-state index contributed by atoms with van der Waals surface area (Å²) < 4.78 is 0. The molecule has 21 heavy (non-hydrogen) atoms. The third-order valence-corrected chi connectivity index (χ3v) is 4.74. The minimum Gasteiger partial charge on any atom is -0.353 e. The summed E-state index contributed by atoms with van der Waals surface area (Å²) in [6.45, 7) is 4.01. The predicted molar refractivity (Wildman–Crippen MR) is 81.5 cm³/mol. The molecule has 2 saturated heterocycles. The monoisotopic (exact) mass is 288 g/mol. The highest BCUT2D eigenvalue weighted by molar-refractivity contribution is 5.77. The van der Waals surface area contributed by atoms with Gasteiger partial charge in [0.15, 0.2) is 0 Å². The van der Waals surface area contributed by atoms with E-state index in [4.69, 9.17) is 5.73 Å². The lowest BCUT2D eigenvalue weighted by Gasteiger charge is -2.45. The van der Waals surface area contributed by atoms with Crippen molar-refractivity contribution in [3.05, 3.63) is 30.1 Å². The maximum atomic E-state index is 11.5. The van der Waals surface area contributed by atoms with Crippen LogP contribution in [0.3, 0.4) is 0 Å². The van der Waals surface area contributed by atoms with E-state index in [1.54, 1.807) is 0 Å². The molecule has 5 heteroatoms. The van der Waals surface area contributed by atoms with E-state index in [0.717, 1.165) is 31.6 Å². The van der Waals surface area contributed by atoms with Crippen molar-refractivity contribution in [3.63, 3.8) is 0 Å². The highest BCUT2D eigenvalue weighted by atomic mass is 16.1. The number of rotatable bonds is 3. The lowest BCUT2D eigenvalue weighted by atomic mass is 9.84. The van der Waals surface area contributed by atoms with Gasteiger partial charge in [-0.1, -0.05) is 6.07 Å². The molecule has 1 aromatic rings. The van der Waals surface area contributed by atoms with Gasteiger partial charge in [-0.2, -0.15) is 0 Å². The maximum Gasteiger partial charge on any atom is 0.220 e. The van der Waals surface area contributed by atoms with Gasteiger partial charge in [0.05, 0.1) is 11.7 Å². The summed E-state index contributed by atoms with van der Waals surface area (Å²) in [6, 6.07) is 6.55. The summed E-state index contributed by atoms with van der Waals surface area (Å²) in [5, 5.41) is 3.13. The van der Waals surface area contributed by atoms with Crippen molar-refractivity contribution in [2.24, 2.45) is 11.7 Å². The van der Waals surface area contributed by atoms with Gasteiger partial charge in [0.25, 0.3) is 0 Å². The molecule has 4 atom stereocenters. The number of piperidine rings is 2. The molecule has 114 valence electrons. The van der Waals surface area contributed by atoms with Crippen molar-refractivity contribution < 1.29 is 4.79 Å². The second kappa shape index (κ2) is 6.12. The average Bonchev–Trinajstić information content (AvgIpc) is 2.48. The molecule has 0 aromatic carbocycles. The van der Waals surface area contributed by atoms with Gasteiger partial charge in [-0.3, -0.25) is 14.7 Å². The Bertz CT molecular complexity index is 490. The molecule has 0 radical (unpaired) electrons. The minimum absolute atomic E-state index is 0.0367. The summed E-state index contributed by atoms with van der Waals surface area (Å²) in [4.78, 5) is 18.5.